The highest BCUT2D eigenvalue weighted by molar-refractivity contribution is 6.15. The number of carbonyl (C=O) groups excluding carboxylic acids is 2. The number of Topliss-reactive ketones (excluding diaryl/α,β-unsaturated/α-hetero) is 1. The van der Waals surface area contributed by atoms with Crippen molar-refractivity contribution in [2.45, 2.75) is 20.8 Å². The number of hydrogen-bond acceptors (Lipinski definition) is 6. The standard InChI is InChI=1S/C21H18O6/c1-11(2)21(23)27-15-7-5-14-19(22)18(26-20(14)12(15)3)9-13-4-6-16-17(8-13)25-10-24-16/h4-9,11H,10H2,1-3H3/b18-9-. The third-order valence-corrected chi connectivity index (χ3v) is 4.41. The van der Waals surface area contributed by atoms with E-state index in [1.807, 2.05) is 6.07 Å². The Morgan fingerprint density at radius 1 is 1.15 bits per heavy atom. The lowest BCUT2D eigenvalue weighted by atomic mass is 10.1. The molecule has 2 aromatic rings. The molecule has 2 aromatic carbocycles. The molecule has 6 nitrogen and oxygen atoms in total. The van der Waals surface area contributed by atoms with Gasteiger partial charge in [0.05, 0.1) is 11.5 Å². The molecule has 2 heterocycles. The number of esters is 1. The maximum atomic E-state index is 12.7. The molecule has 0 saturated carbocycles. The molecule has 0 amide bonds. The van der Waals surface area contributed by atoms with Gasteiger partial charge in [-0.3, -0.25) is 9.59 Å². The van der Waals surface area contributed by atoms with E-state index in [2.05, 4.69) is 0 Å². The summed E-state index contributed by atoms with van der Waals surface area (Å²) in [5.41, 5.74) is 1.83. The Balaban J connectivity index is 1.64. The molecule has 0 N–H and O–H groups in total. The van der Waals surface area contributed by atoms with E-state index >= 15 is 0 Å². The van der Waals surface area contributed by atoms with Gasteiger partial charge in [-0.1, -0.05) is 19.9 Å². The van der Waals surface area contributed by atoms with Crippen molar-refractivity contribution < 1.29 is 28.5 Å². The van der Waals surface area contributed by atoms with Crippen LogP contribution in [0.15, 0.2) is 36.1 Å². The molecule has 4 rings (SSSR count). The third kappa shape index (κ3) is 3.03. The Kier molecular flexibility index (Phi) is 4.11. The van der Waals surface area contributed by atoms with Gasteiger partial charge in [0.2, 0.25) is 12.6 Å². The summed E-state index contributed by atoms with van der Waals surface area (Å²) in [6.07, 6.45) is 1.66. The van der Waals surface area contributed by atoms with Crippen molar-refractivity contribution in [2.24, 2.45) is 5.92 Å². The number of fused-ring (bicyclic) bond motifs is 2. The normalized spacial score (nSPS) is 15.9. The van der Waals surface area contributed by atoms with Gasteiger partial charge in [0.1, 0.15) is 11.5 Å². The lowest BCUT2D eigenvalue weighted by Gasteiger charge is -2.11. The van der Waals surface area contributed by atoms with Crippen LogP contribution in [0.1, 0.15) is 35.3 Å². The fourth-order valence-corrected chi connectivity index (χ4v) is 2.86. The van der Waals surface area contributed by atoms with Gasteiger partial charge in [-0.15, -0.1) is 0 Å². The fraction of sp³-hybridized carbons (Fsp3) is 0.238. The molecule has 27 heavy (non-hydrogen) atoms. The van der Waals surface area contributed by atoms with E-state index in [1.165, 1.54) is 0 Å². The summed E-state index contributed by atoms with van der Waals surface area (Å²) >= 11 is 0. The number of ketones is 1. The van der Waals surface area contributed by atoms with Gasteiger partial charge in [-0.05, 0) is 42.8 Å². The van der Waals surface area contributed by atoms with Crippen molar-refractivity contribution in [1.29, 1.82) is 0 Å². The van der Waals surface area contributed by atoms with Gasteiger partial charge in [0.25, 0.3) is 0 Å². The van der Waals surface area contributed by atoms with Gasteiger partial charge in [0.15, 0.2) is 17.3 Å². The second kappa shape index (κ2) is 6.46. The van der Waals surface area contributed by atoms with E-state index < -0.39 is 0 Å². The van der Waals surface area contributed by atoms with E-state index in [0.29, 0.717) is 34.1 Å². The highest BCUT2D eigenvalue weighted by Gasteiger charge is 2.31. The fourth-order valence-electron chi connectivity index (χ4n) is 2.86. The molecule has 0 unspecified atom stereocenters. The molecule has 2 aliphatic rings. The van der Waals surface area contributed by atoms with Crippen molar-refractivity contribution in [1.82, 2.24) is 0 Å². The first-order valence-corrected chi connectivity index (χ1v) is 8.63. The molecule has 0 atom stereocenters. The minimum absolute atomic E-state index is 0.188. The number of hydrogen-bond donors (Lipinski definition) is 0. The number of benzene rings is 2. The summed E-state index contributed by atoms with van der Waals surface area (Å²) in [6.45, 7) is 5.47. The molecule has 0 saturated heterocycles. The summed E-state index contributed by atoms with van der Waals surface area (Å²) in [5, 5.41) is 0. The monoisotopic (exact) mass is 366 g/mol. The summed E-state index contributed by atoms with van der Waals surface area (Å²) in [4.78, 5) is 24.5. The smallest absolute Gasteiger partial charge is 0.313 e. The molecule has 0 spiro atoms. The second-order valence-electron chi connectivity index (χ2n) is 6.69. The molecule has 0 aliphatic carbocycles. The van der Waals surface area contributed by atoms with E-state index in [0.717, 1.165) is 5.56 Å². The van der Waals surface area contributed by atoms with Crippen LogP contribution in [-0.2, 0) is 4.79 Å². The van der Waals surface area contributed by atoms with Crippen molar-refractivity contribution in [2.75, 3.05) is 6.79 Å². The Hall–Kier alpha value is -3.28. The van der Waals surface area contributed by atoms with E-state index in [9.17, 15) is 9.59 Å². The summed E-state index contributed by atoms with van der Waals surface area (Å²) in [6, 6.07) is 8.64. The van der Waals surface area contributed by atoms with Gasteiger partial charge >= 0.3 is 5.97 Å². The van der Waals surface area contributed by atoms with Gasteiger partial charge < -0.3 is 18.9 Å². The van der Waals surface area contributed by atoms with Crippen LogP contribution < -0.4 is 18.9 Å². The molecular formula is C21H18O6. The van der Waals surface area contributed by atoms with Gasteiger partial charge in [-0.2, -0.15) is 0 Å². The van der Waals surface area contributed by atoms with Crippen LogP contribution in [0.4, 0.5) is 0 Å². The molecule has 0 bridgehead atoms. The van der Waals surface area contributed by atoms with E-state index in [1.54, 1.807) is 51.1 Å². The number of allylic oxidation sites excluding steroid dienone is 1. The van der Waals surface area contributed by atoms with Crippen molar-refractivity contribution in [3.05, 3.63) is 52.8 Å². The summed E-state index contributed by atoms with van der Waals surface area (Å²) < 4.78 is 21.8. The van der Waals surface area contributed by atoms with Gasteiger partial charge in [-0.25, -0.2) is 0 Å². The molecule has 0 radical (unpaired) electrons. The maximum absolute atomic E-state index is 12.7. The van der Waals surface area contributed by atoms with Crippen LogP contribution in [-0.4, -0.2) is 18.5 Å². The molecule has 0 aromatic heterocycles. The molecular weight excluding hydrogens is 348 g/mol. The lowest BCUT2D eigenvalue weighted by Crippen LogP contribution is -2.15. The van der Waals surface area contributed by atoms with Crippen LogP contribution in [0.5, 0.6) is 23.0 Å². The SMILES string of the molecule is Cc1c(OC(=O)C(C)C)ccc2c1O/C(=C\c1ccc3c(c1)OCO3)C2=O. The largest absolute Gasteiger partial charge is 0.454 e. The van der Waals surface area contributed by atoms with E-state index in [-0.39, 0.29) is 30.2 Å². The zero-order valence-electron chi connectivity index (χ0n) is 15.2. The van der Waals surface area contributed by atoms with Crippen LogP contribution in [0.2, 0.25) is 0 Å². The molecule has 6 heteroatoms. The average molecular weight is 366 g/mol. The minimum Gasteiger partial charge on any atom is -0.454 e. The summed E-state index contributed by atoms with van der Waals surface area (Å²) in [7, 11) is 0. The van der Waals surface area contributed by atoms with Crippen LogP contribution in [0.3, 0.4) is 0 Å². The Morgan fingerprint density at radius 2 is 1.93 bits per heavy atom. The predicted molar refractivity (Wildman–Crippen MR) is 97.2 cm³/mol. The van der Waals surface area contributed by atoms with Crippen molar-refractivity contribution in [3.8, 4) is 23.0 Å². The van der Waals surface area contributed by atoms with Gasteiger partial charge in [0, 0.05) is 5.56 Å². The Bertz CT molecular complexity index is 986. The zero-order chi connectivity index (χ0) is 19.1. The maximum Gasteiger partial charge on any atom is 0.313 e. The average Bonchev–Trinajstić information content (AvgIpc) is 3.22. The van der Waals surface area contributed by atoms with Crippen molar-refractivity contribution >= 4 is 17.8 Å². The molecule has 0 fully saturated rings. The van der Waals surface area contributed by atoms with Crippen LogP contribution in [0.25, 0.3) is 6.08 Å². The first kappa shape index (κ1) is 17.1. The highest BCUT2D eigenvalue weighted by Crippen LogP contribution is 2.40. The first-order valence-electron chi connectivity index (χ1n) is 8.63. The summed E-state index contributed by atoms with van der Waals surface area (Å²) in [5.74, 6) is 1.52. The number of ether oxygens (including phenoxy) is 4. The topological polar surface area (TPSA) is 71.1 Å². The number of carbonyl (C=O) groups is 2. The Labute approximate surface area is 156 Å². The van der Waals surface area contributed by atoms with Crippen LogP contribution in [0, 0.1) is 12.8 Å². The minimum atomic E-state index is -0.335. The third-order valence-electron chi connectivity index (χ3n) is 4.41. The molecule has 2 aliphatic heterocycles. The number of rotatable bonds is 3. The Morgan fingerprint density at radius 3 is 2.70 bits per heavy atom. The second-order valence-corrected chi connectivity index (χ2v) is 6.69. The zero-order valence-corrected chi connectivity index (χ0v) is 15.2. The first-order chi connectivity index (χ1) is 12.9. The van der Waals surface area contributed by atoms with Crippen molar-refractivity contribution in [3.63, 3.8) is 0 Å². The quantitative estimate of drug-likeness (QED) is 0.466. The molecule has 138 valence electrons. The lowest BCUT2D eigenvalue weighted by molar-refractivity contribution is -0.137. The van der Waals surface area contributed by atoms with E-state index in [4.69, 9.17) is 18.9 Å². The highest BCUT2D eigenvalue weighted by atomic mass is 16.7. The van der Waals surface area contributed by atoms with Crippen LogP contribution >= 0.6 is 0 Å². The predicted octanol–water partition coefficient (Wildman–Crippen LogP) is 3.90.